The number of halogens is 3. The van der Waals surface area contributed by atoms with Crippen molar-refractivity contribution >= 4 is 38.3 Å². The van der Waals surface area contributed by atoms with Crippen molar-refractivity contribution in [1.82, 2.24) is 24.4 Å². The van der Waals surface area contributed by atoms with Gasteiger partial charge in [-0.15, -0.1) is 11.3 Å². The lowest BCUT2D eigenvalue weighted by Gasteiger charge is -2.36. The molecule has 0 atom stereocenters. The molecule has 2 aliphatic rings. The summed E-state index contributed by atoms with van der Waals surface area (Å²) in [5, 5.41) is 15.7. The zero-order valence-electron chi connectivity index (χ0n) is 35.7. The number of nitriles is 1. The van der Waals surface area contributed by atoms with Crippen molar-refractivity contribution in [3.8, 4) is 6.07 Å². The second-order valence-electron chi connectivity index (χ2n) is 17.6. The molecule has 322 valence electrons. The van der Waals surface area contributed by atoms with Gasteiger partial charge in [-0.05, 0) is 90.3 Å². The Morgan fingerprint density at radius 2 is 1.44 bits per heavy atom. The third kappa shape index (κ3) is 8.17. The van der Waals surface area contributed by atoms with Gasteiger partial charge in [0, 0.05) is 71.7 Å². The number of benzene rings is 4. The van der Waals surface area contributed by atoms with Crippen LogP contribution in [0, 0.1) is 18.3 Å². The molecule has 1 saturated heterocycles. The van der Waals surface area contributed by atoms with Gasteiger partial charge >= 0.3 is 6.18 Å². The van der Waals surface area contributed by atoms with Crippen molar-refractivity contribution in [2.75, 3.05) is 18.4 Å². The molecule has 1 aliphatic heterocycles. The SMILES string of the molecule is Cc1c(CN2CCC(Nc3ncnc4sc(CC(F)(F)F)cc34)CC2)ccc2c1cc(C#N)n2CC1(c2ccc(CC(c3ccccc3)(c3ccccc3)c3ccccc3)nc2)CC1. The minimum atomic E-state index is -4.27. The van der Waals surface area contributed by atoms with Gasteiger partial charge in [-0.3, -0.25) is 9.88 Å². The summed E-state index contributed by atoms with van der Waals surface area (Å²) in [7, 11) is 0. The van der Waals surface area contributed by atoms with Crippen LogP contribution in [0.15, 0.2) is 140 Å². The van der Waals surface area contributed by atoms with Crippen LogP contribution in [0.5, 0.6) is 0 Å². The number of thiophene rings is 1. The first-order valence-corrected chi connectivity index (χ1v) is 22.9. The van der Waals surface area contributed by atoms with E-state index in [1.807, 2.05) is 0 Å². The predicted molar refractivity (Wildman–Crippen MR) is 249 cm³/mol. The van der Waals surface area contributed by atoms with E-state index in [0.29, 0.717) is 28.1 Å². The Balaban J connectivity index is 0.841. The molecule has 8 aromatic rings. The van der Waals surface area contributed by atoms with Crippen LogP contribution >= 0.6 is 11.3 Å². The van der Waals surface area contributed by atoms with Crippen molar-refractivity contribution < 1.29 is 13.2 Å². The number of hydrogen-bond acceptors (Lipinski definition) is 7. The molecule has 11 heteroatoms. The second-order valence-corrected chi connectivity index (χ2v) is 18.8. The number of nitrogens with zero attached hydrogens (tertiary/aromatic N) is 6. The highest BCUT2D eigenvalue weighted by molar-refractivity contribution is 7.18. The highest BCUT2D eigenvalue weighted by atomic mass is 32.1. The number of piperidine rings is 1. The molecule has 1 saturated carbocycles. The smallest absolute Gasteiger partial charge is 0.367 e. The first kappa shape index (κ1) is 41.6. The number of aromatic nitrogens is 4. The van der Waals surface area contributed by atoms with Crippen molar-refractivity contribution in [2.24, 2.45) is 0 Å². The summed E-state index contributed by atoms with van der Waals surface area (Å²) in [4.78, 5) is 17.1. The molecule has 7 nitrogen and oxygen atoms in total. The molecular formula is C53H48F3N7S. The van der Waals surface area contributed by atoms with E-state index in [1.165, 1.54) is 39.7 Å². The largest absolute Gasteiger partial charge is 0.393 e. The van der Waals surface area contributed by atoms with E-state index in [2.05, 4.69) is 165 Å². The maximum Gasteiger partial charge on any atom is 0.393 e. The summed E-state index contributed by atoms with van der Waals surface area (Å²) in [6, 6.07) is 47.5. The quantitative estimate of drug-likeness (QED) is 0.116. The van der Waals surface area contributed by atoms with E-state index in [-0.39, 0.29) is 16.3 Å². The lowest BCUT2D eigenvalue weighted by Crippen LogP contribution is -2.39. The maximum atomic E-state index is 13.1. The minimum absolute atomic E-state index is 0.0875. The van der Waals surface area contributed by atoms with Crippen LogP contribution in [0.1, 0.15) is 75.3 Å². The molecule has 4 aromatic heterocycles. The fourth-order valence-electron chi connectivity index (χ4n) is 10.0. The number of rotatable bonds is 13. The standard InChI is InChI=1S/C53H48F3N7S/c1-36-37(33-62-25-21-42(22-26-62)61-49-47-28-45(30-53(54,55)56)64-50(47)60-35-59-49)17-20-48-46(36)27-44(31-57)63(48)34-51(23-24-51)41-18-19-43(58-32-41)29-52(38-11-5-2-6-12-38,39-13-7-3-8-14-39)40-15-9-4-10-16-40/h2-20,27-28,32,35,42H,21-26,29-30,33-34H2,1H3,(H,59,60,61). The van der Waals surface area contributed by atoms with Crippen LogP contribution in [0.3, 0.4) is 0 Å². The molecule has 2 fully saturated rings. The Bertz CT molecular complexity index is 2850. The second kappa shape index (κ2) is 17.0. The zero-order chi connectivity index (χ0) is 43.9. The number of fused-ring (bicyclic) bond motifs is 2. The summed E-state index contributed by atoms with van der Waals surface area (Å²) in [5.41, 5.74) is 9.58. The Morgan fingerprint density at radius 3 is 2.02 bits per heavy atom. The van der Waals surface area contributed by atoms with Crippen LogP contribution in [0.4, 0.5) is 19.0 Å². The maximum absolute atomic E-state index is 13.1. The van der Waals surface area contributed by atoms with E-state index < -0.39 is 18.0 Å². The number of aryl methyl sites for hydroxylation is 1. The highest BCUT2D eigenvalue weighted by Gasteiger charge is 2.46. The average molecular weight is 872 g/mol. The Morgan fingerprint density at radius 1 is 0.781 bits per heavy atom. The summed E-state index contributed by atoms with van der Waals surface area (Å²) in [6.45, 7) is 5.43. The van der Waals surface area contributed by atoms with Crippen LogP contribution < -0.4 is 5.32 Å². The van der Waals surface area contributed by atoms with E-state index >= 15 is 0 Å². The third-order valence-corrected chi connectivity index (χ3v) is 14.7. The first-order valence-electron chi connectivity index (χ1n) is 22.0. The predicted octanol–water partition coefficient (Wildman–Crippen LogP) is 11.7. The lowest BCUT2D eigenvalue weighted by molar-refractivity contribution is -0.126. The Kier molecular flexibility index (Phi) is 11.0. The van der Waals surface area contributed by atoms with Gasteiger partial charge < -0.3 is 9.88 Å². The van der Waals surface area contributed by atoms with Crippen molar-refractivity contribution in [2.45, 2.75) is 81.6 Å². The zero-order valence-corrected chi connectivity index (χ0v) is 36.5. The van der Waals surface area contributed by atoms with Crippen molar-refractivity contribution in [3.05, 3.63) is 190 Å². The molecule has 0 unspecified atom stereocenters. The van der Waals surface area contributed by atoms with Crippen LogP contribution in [-0.2, 0) is 36.8 Å². The Hall–Kier alpha value is -6.35. The van der Waals surface area contributed by atoms with Gasteiger partial charge in [-0.2, -0.15) is 18.4 Å². The normalized spacial score (nSPS) is 15.7. The van der Waals surface area contributed by atoms with Gasteiger partial charge in [-0.25, -0.2) is 9.97 Å². The fraction of sp³-hybridized carbons (Fsp3) is 0.283. The molecule has 1 aliphatic carbocycles. The molecular weight excluding hydrogens is 824 g/mol. The van der Waals surface area contributed by atoms with Gasteiger partial charge in [0.2, 0.25) is 0 Å². The van der Waals surface area contributed by atoms with Gasteiger partial charge in [0.1, 0.15) is 28.7 Å². The van der Waals surface area contributed by atoms with Crippen LogP contribution in [0.25, 0.3) is 21.1 Å². The molecule has 10 rings (SSSR count). The van der Waals surface area contributed by atoms with Crippen molar-refractivity contribution in [3.63, 3.8) is 0 Å². The molecule has 0 radical (unpaired) electrons. The van der Waals surface area contributed by atoms with E-state index in [9.17, 15) is 18.4 Å². The number of anilines is 1. The lowest BCUT2D eigenvalue weighted by atomic mass is 9.66. The molecule has 64 heavy (non-hydrogen) atoms. The molecule has 0 spiro atoms. The third-order valence-electron chi connectivity index (χ3n) is 13.7. The fourth-order valence-corrected chi connectivity index (χ4v) is 11.0. The number of likely N-dealkylation sites (tertiary alicyclic amines) is 1. The van der Waals surface area contributed by atoms with Crippen LogP contribution in [-0.4, -0.2) is 49.7 Å². The Labute approximate surface area is 375 Å². The number of alkyl halides is 3. The summed E-state index contributed by atoms with van der Waals surface area (Å²) in [6.07, 6.45) is 2.82. The molecule has 4 aromatic carbocycles. The minimum Gasteiger partial charge on any atom is -0.367 e. The molecule has 5 heterocycles. The average Bonchev–Trinajstić information content (AvgIpc) is 3.85. The van der Waals surface area contributed by atoms with Crippen molar-refractivity contribution in [1.29, 1.82) is 5.26 Å². The van der Waals surface area contributed by atoms with Gasteiger partial charge in [0.15, 0.2) is 0 Å². The summed E-state index contributed by atoms with van der Waals surface area (Å²) < 4.78 is 41.5. The van der Waals surface area contributed by atoms with Gasteiger partial charge in [0.25, 0.3) is 0 Å². The number of hydrogen-bond donors (Lipinski definition) is 1. The monoisotopic (exact) mass is 871 g/mol. The van der Waals surface area contributed by atoms with Gasteiger partial charge in [-0.1, -0.05) is 103 Å². The number of pyridine rings is 1. The molecule has 0 amide bonds. The number of nitrogens with one attached hydrogen (secondary N) is 1. The van der Waals surface area contributed by atoms with E-state index in [1.54, 1.807) is 6.07 Å². The molecule has 0 bridgehead atoms. The first-order chi connectivity index (χ1) is 31.1. The summed E-state index contributed by atoms with van der Waals surface area (Å²) >= 11 is 1.07. The van der Waals surface area contributed by atoms with Gasteiger partial charge in [0.05, 0.1) is 17.2 Å². The highest BCUT2D eigenvalue weighted by Crippen LogP contribution is 2.51. The van der Waals surface area contributed by atoms with E-state index in [4.69, 9.17) is 4.98 Å². The topological polar surface area (TPSA) is 82.7 Å². The van der Waals surface area contributed by atoms with E-state index in [0.717, 1.165) is 79.8 Å². The summed E-state index contributed by atoms with van der Waals surface area (Å²) in [5.74, 6) is 0.598. The molecule has 1 N–H and O–H groups in total. The van der Waals surface area contributed by atoms with Crippen LogP contribution in [0.2, 0.25) is 0 Å².